The fourth-order valence-electron chi connectivity index (χ4n) is 1.38. The van der Waals surface area contributed by atoms with E-state index >= 15 is 0 Å². The molecular formula is C13H16BrN3OS. The average molecular weight is 342 g/mol. The number of aromatic nitrogens is 1. The highest BCUT2D eigenvalue weighted by Crippen LogP contribution is 2.26. The summed E-state index contributed by atoms with van der Waals surface area (Å²) in [6.45, 7) is 3.87. The number of hydrogen-bond acceptors (Lipinski definition) is 5. The predicted molar refractivity (Wildman–Crippen MR) is 86.8 cm³/mol. The SMILES string of the molecule is Br.COc1ccc(-c2csc(NN=C(C)C)n2)cc1. The van der Waals surface area contributed by atoms with E-state index in [4.69, 9.17) is 4.74 Å². The van der Waals surface area contributed by atoms with Gasteiger partial charge >= 0.3 is 0 Å². The number of ether oxygens (including phenoxy) is 1. The number of nitrogens with one attached hydrogen (secondary N) is 1. The molecule has 0 spiro atoms. The van der Waals surface area contributed by atoms with Crippen molar-refractivity contribution in [3.05, 3.63) is 29.6 Å². The number of thiazole rings is 1. The molecule has 2 rings (SSSR count). The van der Waals surface area contributed by atoms with Crippen molar-refractivity contribution in [1.29, 1.82) is 0 Å². The molecular weight excluding hydrogens is 326 g/mol. The molecule has 6 heteroatoms. The van der Waals surface area contributed by atoms with Gasteiger partial charge in [-0.25, -0.2) is 4.98 Å². The van der Waals surface area contributed by atoms with Crippen molar-refractivity contribution < 1.29 is 4.74 Å². The molecule has 0 amide bonds. The third-order valence-electron chi connectivity index (χ3n) is 2.27. The molecule has 0 aliphatic heterocycles. The maximum Gasteiger partial charge on any atom is 0.203 e. The second-order valence-corrected chi connectivity index (χ2v) is 4.80. The van der Waals surface area contributed by atoms with Gasteiger partial charge < -0.3 is 4.74 Å². The van der Waals surface area contributed by atoms with Crippen LogP contribution in [0.1, 0.15) is 13.8 Å². The molecule has 0 fully saturated rings. The standard InChI is InChI=1S/C13H15N3OS.BrH/c1-9(2)15-16-13-14-12(8-18-13)10-4-6-11(17-3)7-5-10;/h4-8H,1-3H3,(H,14,16);1H. The van der Waals surface area contributed by atoms with Crippen molar-refractivity contribution in [2.45, 2.75) is 13.8 Å². The van der Waals surface area contributed by atoms with E-state index in [1.54, 1.807) is 7.11 Å². The summed E-state index contributed by atoms with van der Waals surface area (Å²) in [4.78, 5) is 4.47. The number of methoxy groups -OCH3 is 1. The molecule has 1 heterocycles. The van der Waals surface area contributed by atoms with Gasteiger partial charge in [-0.15, -0.1) is 28.3 Å². The lowest BCUT2D eigenvalue weighted by atomic mass is 10.2. The largest absolute Gasteiger partial charge is 0.497 e. The van der Waals surface area contributed by atoms with E-state index < -0.39 is 0 Å². The van der Waals surface area contributed by atoms with E-state index in [0.29, 0.717) is 0 Å². The van der Waals surface area contributed by atoms with E-state index in [1.807, 2.05) is 43.5 Å². The minimum atomic E-state index is 0. The third kappa shape index (κ3) is 4.33. The van der Waals surface area contributed by atoms with Gasteiger partial charge in [-0.05, 0) is 38.1 Å². The zero-order chi connectivity index (χ0) is 13.0. The lowest BCUT2D eigenvalue weighted by molar-refractivity contribution is 0.415. The second kappa shape index (κ2) is 7.25. The van der Waals surface area contributed by atoms with Crippen molar-refractivity contribution in [2.75, 3.05) is 12.5 Å². The number of hydrogen-bond donors (Lipinski definition) is 1. The Hall–Kier alpha value is -1.40. The molecule has 0 bridgehead atoms. The van der Waals surface area contributed by atoms with Gasteiger partial charge in [0.15, 0.2) is 0 Å². The maximum atomic E-state index is 5.13. The molecule has 0 saturated heterocycles. The summed E-state index contributed by atoms with van der Waals surface area (Å²) in [5.41, 5.74) is 5.90. The normalized spacial score (nSPS) is 9.42. The van der Waals surface area contributed by atoms with Crippen LogP contribution in [-0.2, 0) is 0 Å². The van der Waals surface area contributed by atoms with Gasteiger partial charge in [-0.3, -0.25) is 5.43 Å². The Balaban J connectivity index is 0.00000180. The maximum absolute atomic E-state index is 5.13. The predicted octanol–water partition coefficient (Wildman–Crippen LogP) is 4.20. The quantitative estimate of drug-likeness (QED) is 0.669. The first-order valence-corrected chi connectivity index (χ1v) is 6.44. The van der Waals surface area contributed by atoms with E-state index in [0.717, 1.165) is 27.9 Å². The van der Waals surface area contributed by atoms with Gasteiger partial charge in [0.25, 0.3) is 0 Å². The topological polar surface area (TPSA) is 46.5 Å². The molecule has 0 aliphatic rings. The third-order valence-corrected chi connectivity index (χ3v) is 3.01. The first-order chi connectivity index (χ1) is 8.69. The lowest BCUT2D eigenvalue weighted by Crippen LogP contribution is -1.92. The number of benzene rings is 1. The van der Waals surface area contributed by atoms with Gasteiger partial charge in [-0.1, -0.05) is 0 Å². The minimum absolute atomic E-state index is 0. The van der Waals surface area contributed by atoms with E-state index in [9.17, 15) is 0 Å². The molecule has 0 aliphatic carbocycles. The number of hydrazone groups is 1. The zero-order valence-corrected chi connectivity index (χ0v) is 13.5. The van der Waals surface area contributed by atoms with Crippen molar-refractivity contribution in [2.24, 2.45) is 5.10 Å². The van der Waals surface area contributed by atoms with Crippen LogP contribution in [0.2, 0.25) is 0 Å². The molecule has 0 atom stereocenters. The summed E-state index contributed by atoms with van der Waals surface area (Å²) in [5, 5.41) is 6.92. The summed E-state index contributed by atoms with van der Waals surface area (Å²) in [7, 11) is 1.66. The molecule has 2 aromatic rings. The monoisotopic (exact) mass is 341 g/mol. The molecule has 1 aromatic carbocycles. The molecule has 102 valence electrons. The Morgan fingerprint density at radius 1 is 1.26 bits per heavy atom. The van der Waals surface area contributed by atoms with Gasteiger partial charge in [0.2, 0.25) is 5.13 Å². The Kier molecular flexibility index (Phi) is 5.98. The van der Waals surface area contributed by atoms with Gasteiger partial charge in [0, 0.05) is 16.7 Å². The van der Waals surface area contributed by atoms with Crippen LogP contribution in [0, 0.1) is 0 Å². The highest BCUT2D eigenvalue weighted by atomic mass is 79.9. The van der Waals surface area contributed by atoms with Crippen molar-refractivity contribution >= 4 is 39.2 Å². The number of rotatable bonds is 4. The highest BCUT2D eigenvalue weighted by Gasteiger charge is 2.04. The van der Waals surface area contributed by atoms with Crippen LogP contribution in [0.25, 0.3) is 11.3 Å². The second-order valence-electron chi connectivity index (χ2n) is 3.94. The van der Waals surface area contributed by atoms with Crippen LogP contribution >= 0.6 is 28.3 Å². The van der Waals surface area contributed by atoms with Crippen LogP contribution < -0.4 is 10.2 Å². The molecule has 1 N–H and O–H groups in total. The molecule has 0 unspecified atom stereocenters. The Morgan fingerprint density at radius 3 is 2.53 bits per heavy atom. The summed E-state index contributed by atoms with van der Waals surface area (Å²) < 4.78 is 5.13. The Bertz CT molecular complexity index is 547. The van der Waals surface area contributed by atoms with Crippen LogP contribution in [-0.4, -0.2) is 17.8 Å². The highest BCUT2D eigenvalue weighted by molar-refractivity contribution is 8.93. The summed E-state index contributed by atoms with van der Waals surface area (Å²) in [6, 6.07) is 7.84. The molecule has 1 aromatic heterocycles. The van der Waals surface area contributed by atoms with Gasteiger partial charge in [-0.2, -0.15) is 5.10 Å². The van der Waals surface area contributed by atoms with Crippen LogP contribution in [0.5, 0.6) is 5.75 Å². The molecule has 4 nitrogen and oxygen atoms in total. The molecule has 19 heavy (non-hydrogen) atoms. The lowest BCUT2D eigenvalue weighted by Gasteiger charge is -2.00. The number of anilines is 1. The van der Waals surface area contributed by atoms with E-state index in [-0.39, 0.29) is 17.0 Å². The summed E-state index contributed by atoms with van der Waals surface area (Å²) in [6.07, 6.45) is 0. The fraction of sp³-hybridized carbons (Fsp3) is 0.231. The first-order valence-electron chi connectivity index (χ1n) is 5.56. The number of halogens is 1. The van der Waals surface area contributed by atoms with Crippen LogP contribution in [0.15, 0.2) is 34.7 Å². The molecule has 0 radical (unpaired) electrons. The Labute approximate surface area is 127 Å². The smallest absolute Gasteiger partial charge is 0.203 e. The van der Waals surface area contributed by atoms with E-state index in [2.05, 4.69) is 15.5 Å². The van der Waals surface area contributed by atoms with Crippen molar-refractivity contribution in [3.8, 4) is 17.0 Å². The Morgan fingerprint density at radius 2 is 1.95 bits per heavy atom. The van der Waals surface area contributed by atoms with Gasteiger partial charge in [0.1, 0.15) is 5.75 Å². The fourth-order valence-corrected chi connectivity index (χ4v) is 2.04. The van der Waals surface area contributed by atoms with Crippen LogP contribution in [0.3, 0.4) is 0 Å². The van der Waals surface area contributed by atoms with Crippen molar-refractivity contribution in [3.63, 3.8) is 0 Å². The van der Waals surface area contributed by atoms with Crippen molar-refractivity contribution in [1.82, 2.24) is 4.98 Å². The summed E-state index contributed by atoms with van der Waals surface area (Å²) >= 11 is 1.54. The summed E-state index contributed by atoms with van der Waals surface area (Å²) in [5.74, 6) is 0.846. The van der Waals surface area contributed by atoms with Crippen LogP contribution in [0.4, 0.5) is 5.13 Å². The average Bonchev–Trinajstić information content (AvgIpc) is 2.85. The van der Waals surface area contributed by atoms with Gasteiger partial charge in [0.05, 0.1) is 12.8 Å². The minimum Gasteiger partial charge on any atom is -0.497 e. The first kappa shape index (κ1) is 15.7. The zero-order valence-electron chi connectivity index (χ0n) is 11.0. The molecule has 0 saturated carbocycles. The van der Waals surface area contributed by atoms with E-state index in [1.165, 1.54) is 11.3 Å². The number of nitrogens with zero attached hydrogens (tertiary/aromatic N) is 2.